The molecule has 0 heterocycles. The van der Waals surface area contributed by atoms with E-state index in [-0.39, 0.29) is 25.2 Å². The lowest BCUT2D eigenvalue weighted by Gasteiger charge is -2.27. The van der Waals surface area contributed by atoms with Crippen molar-refractivity contribution in [2.75, 3.05) is 6.61 Å². The number of benzene rings is 1. The molecule has 0 fully saturated rings. The molecule has 0 saturated carbocycles. The Morgan fingerprint density at radius 2 is 1.82 bits per heavy atom. The number of ketones is 1. The second-order valence-corrected chi connectivity index (χ2v) is 5.66. The number of hydrogen-bond acceptors (Lipinski definition) is 4. The third-order valence-corrected chi connectivity index (χ3v) is 3.61. The first-order valence-corrected chi connectivity index (χ1v) is 7.92. The molecule has 1 unspecified atom stereocenters. The molecule has 0 aliphatic carbocycles. The highest BCUT2D eigenvalue weighted by Crippen LogP contribution is 2.25. The lowest BCUT2D eigenvalue weighted by Crippen LogP contribution is -2.33. The number of aliphatic hydroxyl groups is 1. The molecular formula is C18H26O4. The summed E-state index contributed by atoms with van der Waals surface area (Å²) < 4.78 is 4.77. The summed E-state index contributed by atoms with van der Waals surface area (Å²) in [4.78, 5) is 23.3. The van der Waals surface area contributed by atoms with Crippen molar-refractivity contribution in [2.24, 2.45) is 0 Å². The van der Waals surface area contributed by atoms with Gasteiger partial charge in [-0.1, -0.05) is 43.7 Å². The first-order valence-electron chi connectivity index (χ1n) is 7.92. The summed E-state index contributed by atoms with van der Waals surface area (Å²) in [6.07, 6.45) is 2.31. The first kappa shape index (κ1) is 18.4. The van der Waals surface area contributed by atoms with Gasteiger partial charge in [0.05, 0.1) is 12.2 Å². The highest BCUT2D eigenvalue weighted by atomic mass is 16.5. The van der Waals surface area contributed by atoms with Gasteiger partial charge in [-0.25, -0.2) is 0 Å². The fraction of sp³-hybridized carbons (Fsp3) is 0.556. The molecule has 1 rings (SSSR count). The normalized spacial score (nSPS) is 13.4. The molecule has 4 heteroatoms. The van der Waals surface area contributed by atoms with Crippen molar-refractivity contribution in [1.82, 2.24) is 0 Å². The van der Waals surface area contributed by atoms with E-state index < -0.39 is 11.6 Å². The quantitative estimate of drug-likeness (QED) is 0.533. The van der Waals surface area contributed by atoms with Gasteiger partial charge in [-0.3, -0.25) is 9.59 Å². The third kappa shape index (κ3) is 6.85. The van der Waals surface area contributed by atoms with Gasteiger partial charge in [0, 0.05) is 6.42 Å². The topological polar surface area (TPSA) is 63.6 Å². The summed E-state index contributed by atoms with van der Waals surface area (Å²) in [5.74, 6) is -0.781. The van der Waals surface area contributed by atoms with Crippen LogP contribution in [0.4, 0.5) is 0 Å². The molecule has 0 saturated heterocycles. The number of esters is 1. The highest BCUT2D eigenvalue weighted by molar-refractivity contribution is 5.95. The molecule has 0 aliphatic rings. The van der Waals surface area contributed by atoms with Gasteiger partial charge in [-0.05, 0) is 31.7 Å². The van der Waals surface area contributed by atoms with Gasteiger partial charge in [0.1, 0.15) is 12.2 Å². The minimum Gasteiger partial charge on any atom is -0.466 e. The molecule has 0 amide bonds. The zero-order valence-electron chi connectivity index (χ0n) is 13.5. The third-order valence-electron chi connectivity index (χ3n) is 3.61. The summed E-state index contributed by atoms with van der Waals surface area (Å²) in [6.45, 7) is 3.94. The minimum absolute atomic E-state index is 0.00644. The number of rotatable bonds is 10. The molecule has 122 valence electrons. The molecule has 4 nitrogen and oxygen atoms in total. The Bertz CT molecular complexity index is 469. The Hall–Kier alpha value is -1.68. The smallest absolute Gasteiger partial charge is 0.313 e. The minimum atomic E-state index is -1.05. The van der Waals surface area contributed by atoms with E-state index in [2.05, 4.69) is 0 Å². The number of carbonyl (C=O) groups is 2. The Morgan fingerprint density at radius 1 is 1.14 bits per heavy atom. The maximum Gasteiger partial charge on any atom is 0.313 e. The van der Waals surface area contributed by atoms with E-state index in [4.69, 9.17) is 4.74 Å². The molecule has 1 atom stereocenters. The molecule has 22 heavy (non-hydrogen) atoms. The fourth-order valence-electron chi connectivity index (χ4n) is 2.59. The van der Waals surface area contributed by atoms with Gasteiger partial charge < -0.3 is 9.84 Å². The van der Waals surface area contributed by atoms with E-state index >= 15 is 0 Å². The zero-order chi connectivity index (χ0) is 16.4. The number of hydrogen-bond donors (Lipinski definition) is 1. The standard InChI is InChI=1S/C18H26O4/c1-3-11-18(21,12-10-15-8-6-5-7-9-15)14-16(19)13-17(20)22-4-2/h5-9,21H,3-4,10-14H2,1-2H3. The van der Waals surface area contributed by atoms with E-state index in [1.807, 2.05) is 37.3 Å². The monoisotopic (exact) mass is 306 g/mol. The van der Waals surface area contributed by atoms with E-state index in [0.717, 1.165) is 12.0 Å². The largest absolute Gasteiger partial charge is 0.466 e. The first-order chi connectivity index (χ1) is 10.5. The van der Waals surface area contributed by atoms with Crippen LogP contribution in [0.1, 0.15) is 51.5 Å². The number of ether oxygens (including phenoxy) is 1. The van der Waals surface area contributed by atoms with Crippen LogP contribution in [-0.4, -0.2) is 29.1 Å². The maximum atomic E-state index is 12.0. The predicted molar refractivity (Wildman–Crippen MR) is 85.5 cm³/mol. The Labute approximate surface area is 132 Å². The summed E-state index contributed by atoms with van der Waals surface area (Å²) >= 11 is 0. The average Bonchev–Trinajstić information content (AvgIpc) is 2.46. The van der Waals surface area contributed by atoms with E-state index in [1.165, 1.54) is 0 Å². The van der Waals surface area contributed by atoms with Crippen molar-refractivity contribution >= 4 is 11.8 Å². The lowest BCUT2D eigenvalue weighted by molar-refractivity contribution is -0.146. The molecule has 0 aromatic heterocycles. The second-order valence-electron chi connectivity index (χ2n) is 5.66. The van der Waals surface area contributed by atoms with Crippen LogP contribution in [-0.2, 0) is 20.7 Å². The molecule has 0 radical (unpaired) electrons. The van der Waals surface area contributed by atoms with Crippen molar-refractivity contribution in [2.45, 2.75) is 58.0 Å². The summed E-state index contributed by atoms with van der Waals surface area (Å²) in [5, 5.41) is 10.7. The van der Waals surface area contributed by atoms with Gasteiger partial charge in [0.25, 0.3) is 0 Å². The molecule has 0 spiro atoms. The van der Waals surface area contributed by atoms with Crippen LogP contribution < -0.4 is 0 Å². The van der Waals surface area contributed by atoms with Crippen LogP contribution in [0, 0.1) is 0 Å². The van der Waals surface area contributed by atoms with E-state index in [0.29, 0.717) is 19.3 Å². The molecule has 1 aromatic carbocycles. The van der Waals surface area contributed by atoms with Crippen LogP contribution in [0.3, 0.4) is 0 Å². The van der Waals surface area contributed by atoms with Crippen LogP contribution in [0.25, 0.3) is 0 Å². The van der Waals surface area contributed by atoms with Crippen molar-refractivity contribution in [3.8, 4) is 0 Å². The lowest BCUT2D eigenvalue weighted by atomic mass is 9.85. The maximum absolute atomic E-state index is 12.0. The molecule has 0 bridgehead atoms. The van der Waals surface area contributed by atoms with Gasteiger partial charge in [-0.2, -0.15) is 0 Å². The summed E-state index contributed by atoms with van der Waals surface area (Å²) in [6, 6.07) is 9.88. The fourth-order valence-corrected chi connectivity index (χ4v) is 2.59. The van der Waals surface area contributed by atoms with Crippen molar-refractivity contribution in [3.05, 3.63) is 35.9 Å². The second kappa shape index (κ2) is 9.36. The zero-order valence-corrected chi connectivity index (χ0v) is 13.5. The van der Waals surface area contributed by atoms with Gasteiger partial charge in [0.2, 0.25) is 0 Å². The van der Waals surface area contributed by atoms with E-state index in [1.54, 1.807) is 6.92 Å². The van der Waals surface area contributed by atoms with Crippen LogP contribution >= 0.6 is 0 Å². The van der Waals surface area contributed by atoms with Gasteiger partial charge >= 0.3 is 5.97 Å². The Balaban J connectivity index is 2.57. The molecule has 1 N–H and O–H groups in total. The van der Waals surface area contributed by atoms with Crippen molar-refractivity contribution in [1.29, 1.82) is 0 Å². The van der Waals surface area contributed by atoms with Crippen molar-refractivity contribution < 1.29 is 19.4 Å². The van der Waals surface area contributed by atoms with Gasteiger partial charge in [-0.15, -0.1) is 0 Å². The number of Topliss-reactive ketones (excluding diaryl/α,β-unsaturated/α-hetero) is 1. The van der Waals surface area contributed by atoms with Crippen LogP contribution in [0.15, 0.2) is 30.3 Å². The van der Waals surface area contributed by atoms with E-state index in [9.17, 15) is 14.7 Å². The Morgan fingerprint density at radius 3 is 2.41 bits per heavy atom. The number of carbonyl (C=O) groups excluding carboxylic acids is 2. The van der Waals surface area contributed by atoms with Crippen molar-refractivity contribution in [3.63, 3.8) is 0 Å². The Kier molecular flexibility index (Phi) is 7.82. The molecule has 1 aromatic rings. The van der Waals surface area contributed by atoms with Crippen LogP contribution in [0.2, 0.25) is 0 Å². The molecule has 0 aliphatic heterocycles. The summed E-state index contributed by atoms with van der Waals surface area (Å²) in [7, 11) is 0. The van der Waals surface area contributed by atoms with Gasteiger partial charge in [0.15, 0.2) is 0 Å². The summed E-state index contributed by atoms with van der Waals surface area (Å²) in [5.41, 5.74) is 0.0867. The molecular weight excluding hydrogens is 280 g/mol. The van der Waals surface area contributed by atoms with Crippen LogP contribution in [0.5, 0.6) is 0 Å². The SMILES string of the molecule is CCCC(O)(CCc1ccccc1)CC(=O)CC(=O)OCC. The average molecular weight is 306 g/mol. The number of aryl methyl sites for hydroxylation is 1. The highest BCUT2D eigenvalue weighted by Gasteiger charge is 2.29. The predicted octanol–water partition coefficient (Wildman–Crippen LogP) is 3.06.